The molecule has 0 aromatic carbocycles. The molecule has 5 rings (SSSR count). The topological polar surface area (TPSA) is 87.9 Å². The molecule has 25 heavy (non-hydrogen) atoms. The van der Waals surface area contributed by atoms with Gasteiger partial charge in [-0.2, -0.15) is 0 Å². The van der Waals surface area contributed by atoms with Crippen LogP contribution in [0, 0.1) is 6.92 Å². The van der Waals surface area contributed by atoms with Gasteiger partial charge in [-0.3, -0.25) is 4.79 Å². The zero-order chi connectivity index (χ0) is 17.0. The fraction of sp³-hybridized carbons (Fsp3) is 0.444. The minimum Gasteiger partial charge on any atom is -0.348 e. The molecular weight excluding hydrogens is 318 g/mol. The van der Waals surface area contributed by atoms with Crippen molar-refractivity contribution in [2.75, 3.05) is 6.54 Å². The Morgan fingerprint density at radius 3 is 3.20 bits per heavy atom. The van der Waals surface area contributed by atoms with E-state index < -0.39 is 0 Å². The molecule has 7 nitrogen and oxygen atoms in total. The minimum atomic E-state index is 0.0451. The van der Waals surface area contributed by atoms with Gasteiger partial charge in [0.05, 0.1) is 28.7 Å². The van der Waals surface area contributed by atoms with Gasteiger partial charge in [-0.05, 0) is 38.7 Å². The van der Waals surface area contributed by atoms with Gasteiger partial charge in [-0.15, -0.1) is 0 Å². The number of carbonyl (C=O) groups excluding carboxylic acids is 1. The average Bonchev–Trinajstić information content (AvgIpc) is 3.27. The van der Waals surface area contributed by atoms with Crippen LogP contribution in [-0.4, -0.2) is 43.5 Å². The summed E-state index contributed by atoms with van der Waals surface area (Å²) >= 11 is 0. The van der Waals surface area contributed by atoms with Gasteiger partial charge >= 0.3 is 0 Å². The Morgan fingerprint density at radius 1 is 1.36 bits per heavy atom. The van der Waals surface area contributed by atoms with Crippen molar-refractivity contribution >= 4 is 17.0 Å². The summed E-state index contributed by atoms with van der Waals surface area (Å²) in [6.07, 6.45) is 7.40. The highest BCUT2D eigenvalue weighted by Crippen LogP contribution is 2.39. The van der Waals surface area contributed by atoms with Crippen molar-refractivity contribution in [1.82, 2.24) is 25.0 Å². The third-order valence-electron chi connectivity index (χ3n) is 5.59. The van der Waals surface area contributed by atoms with Crippen LogP contribution in [0.3, 0.4) is 0 Å². The van der Waals surface area contributed by atoms with Crippen LogP contribution in [0.25, 0.3) is 11.1 Å². The molecule has 2 unspecified atom stereocenters. The van der Waals surface area contributed by atoms with E-state index in [0.717, 1.165) is 49.0 Å². The number of amides is 1. The number of carbonyl (C=O) groups is 1. The predicted molar refractivity (Wildman–Crippen MR) is 90.2 cm³/mol. The van der Waals surface area contributed by atoms with E-state index in [4.69, 9.17) is 4.52 Å². The van der Waals surface area contributed by atoms with Gasteiger partial charge in [0.1, 0.15) is 0 Å². The first-order chi connectivity index (χ1) is 12.2. The SMILES string of the molecule is Cc1noc2ncc(C(=O)N3CCCC4c5nc[nH]c5CCC43)cc12. The molecular formula is C18H19N5O2. The number of nitrogens with one attached hydrogen (secondary N) is 1. The first kappa shape index (κ1) is 14.6. The summed E-state index contributed by atoms with van der Waals surface area (Å²) in [5.41, 5.74) is 4.22. The van der Waals surface area contributed by atoms with Crippen LogP contribution in [-0.2, 0) is 6.42 Å². The van der Waals surface area contributed by atoms with Gasteiger partial charge in [0, 0.05) is 30.4 Å². The van der Waals surface area contributed by atoms with Gasteiger partial charge in [0.15, 0.2) is 0 Å². The lowest BCUT2D eigenvalue weighted by Gasteiger charge is -2.43. The number of aromatic amines is 1. The summed E-state index contributed by atoms with van der Waals surface area (Å²) in [5, 5.41) is 4.72. The maximum Gasteiger partial charge on any atom is 0.257 e. The molecule has 0 radical (unpaired) electrons. The predicted octanol–water partition coefficient (Wildman–Crippen LogP) is 2.59. The number of aryl methyl sites for hydroxylation is 2. The molecule has 4 heterocycles. The molecule has 0 spiro atoms. The number of rotatable bonds is 1. The molecule has 1 fully saturated rings. The third kappa shape index (κ3) is 2.18. The number of imidazole rings is 1. The average molecular weight is 337 g/mol. The molecule has 7 heteroatoms. The summed E-state index contributed by atoms with van der Waals surface area (Å²) in [6.45, 7) is 2.65. The smallest absolute Gasteiger partial charge is 0.257 e. The normalized spacial score (nSPS) is 22.7. The Hall–Kier alpha value is -2.70. The summed E-state index contributed by atoms with van der Waals surface area (Å²) in [5.74, 6) is 0.380. The molecule has 1 N–H and O–H groups in total. The van der Waals surface area contributed by atoms with Crippen LogP contribution < -0.4 is 0 Å². The van der Waals surface area contributed by atoms with Gasteiger partial charge in [0.25, 0.3) is 11.6 Å². The summed E-state index contributed by atoms with van der Waals surface area (Å²) in [4.78, 5) is 27.2. The number of hydrogen-bond acceptors (Lipinski definition) is 5. The fourth-order valence-corrected chi connectivity index (χ4v) is 4.36. The van der Waals surface area contributed by atoms with Crippen molar-refractivity contribution < 1.29 is 9.32 Å². The second-order valence-corrected chi connectivity index (χ2v) is 6.96. The van der Waals surface area contributed by atoms with Crippen LogP contribution in [0.15, 0.2) is 23.1 Å². The highest BCUT2D eigenvalue weighted by molar-refractivity contribution is 5.97. The Bertz CT molecular complexity index is 959. The number of aromatic nitrogens is 4. The molecule has 128 valence electrons. The van der Waals surface area contributed by atoms with Gasteiger partial charge in [-0.1, -0.05) is 5.16 Å². The monoisotopic (exact) mass is 337 g/mol. The fourth-order valence-electron chi connectivity index (χ4n) is 4.36. The lowest BCUT2D eigenvalue weighted by molar-refractivity contribution is 0.0542. The van der Waals surface area contributed by atoms with E-state index in [-0.39, 0.29) is 11.9 Å². The number of pyridine rings is 1. The summed E-state index contributed by atoms with van der Waals surface area (Å²) in [7, 11) is 0. The van der Waals surface area contributed by atoms with E-state index in [2.05, 4.69) is 20.1 Å². The van der Waals surface area contributed by atoms with Crippen molar-refractivity contribution in [2.24, 2.45) is 0 Å². The summed E-state index contributed by atoms with van der Waals surface area (Å²) in [6, 6.07) is 2.07. The van der Waals surface area contributed by atoms with Crippen molar-refractivity contribution in [1.29, 1.82) is 0 Å². The molecule has 1 saturated heterocycles. The number of nitrogens with zero attached hydrogens (tertiary/aromatic N) is 4. The van der Waals surface area contributed by atoms with E-state index >= 15 is 0 Å². The number of H-pyrrole nitrogens is 1. The van der Waals surface area contributed by atoms with E-state index in [9.17, 15) is 4.79 Å². The zero-order valence-electron chi connectivity index (χ0n) is 14.0. The Balaban J connectivity index is 1.49. The maximum atomic E-state index is 13.2. The number of likely N-dealkylation sites (tertiary alicyclic amines) is 1. The number of hydrogen-bond donors (Lipinski definition) is 1. The van der Waals surface area contributed by atoms with Crippen LogP contribution in [0.5, 0.6) is 0 Å². The van der Waals surface area contributed by atoms with E-state index in [0.29, 0.717) is 17.2 Å². The zero-order valence-corrected chi connectivity index (χ0v) is 14.0. The van der Waals surface area contributed by atoms with Gasteiger partial charge < -0.3 is 14.4 Å². The van der Waals surface area contributed by atoms with Crippen LogP contribution in [0.4, 0.5) is 0 Å². The molecule has 3 aromatic rings. The largest absolute Gasteiger partial charge is 0.348 e. The molecule has 0 bridgehead atoms. The second-order valence-electron chi connectivity index (χ2n) is 6.96. The maximum absolute atomic E-state index is 13.2. The lowest BCUT2D eigenvalue weighted by atomic mass is 9.78. The van der Waals surface area contributed by atoms with Crippen LogP contribution in [0.1, 0.15) is 52.6 Å². The van der Waals surface area contributed by atoms with E-state index in [1.165, 1.54) is 5.69 Å². The van der Waals surface area contributed by atoms with Gasteiger partial charge in [-0.25, -0.2) is 9.97 Å². The number of piperidine rings is 1. The molecule has 1 aliphatic carbocycles. The molecule has 3 aromatic heterocycles. The van der Waals surface area contributed by atoms with Crippen molar-refractivity contribution in [3.63, 3.8) is 0 Å². The Labute approximate surface area is 144 Å². The molecule has 2 atom stereocenters. The third-order valence-corrected chi connectivity index (χ3v) is 5.59. The van der Waals surface area contributed by atoms with Crippen molar-refractivity contribution in [3.05, 3.63) is 41.2 Å². The highest BCUT2D eigenvalue weighted by atomic mass is 16.5. The van der Waals surface area contributed by atoms with Gasteiger partial charge in [0.2, 0.25) is 0 Å². The standard InChI is InChI=1S/C18H19N5O2/c1-10-13-7-11(8-19-17(13)25-22-10)18(24)23-6-2-3-12-15(23)5-4-14-16(12)21-9-20-14/h7-9,12,15H,2-6H2,1H3,(H,20,21). The van der Waals surface area contributed by atoms with E-state index in [1.807, 2.05) is 17.9 Å². The molecule has 1 aliphatic heterocycles. The highest BCUT2D eigenvalue weighted by Gasteiger charge is 2.40. The molecule has 0 saturated carbocycles. The minimum absolute atomic E-state index is 0.0451. The van der Waals surface area contributed by atoms with Crippen LogP contribution in [0.2, 0.25) is 0 Å². The number of fused-ring (bicyclic) bond motifs is 4. The Kier molecular flexibility index (Phi) is 3.16. The first-order valence-electron chi connectivity index (χ1n) is 8.77. The lowest BCUT2D eigenvalue weighted by Crippen LogP contribution is -2.49. The molecule has 2 aliphatic rings. The van der Waals surface area contributed by atoms with E-state index in [1.54, 1.807) is 12.5 Å². The Morgan fingerprint density at radius 2 is 2.28 bits per heavy atom. The second kappa shape index (κ2) is 5.40. The quantitative estimate of drug-likeness (QED) is 0.737. The summed E-state index contributed by atoms with van der Waals surface area (Å²) < 4.78 is 5.15. The first-order valence-corrected chi connectivity index (χ1v) is 8.77. The van der Waals surface area contributed by atoms with Crippen molar-refractivity contribution in [3.8, 4) is 0 Å². The van der Waals surface area contributed by atoms with Crippen LogP contribution >= 0.6 is 0 Å². The van der Waals surface area contributed by atoms with Crippen molar-refractivity contribution in [2.45, 2.75) is 44.6 Å². The molecule has 1 amide bonds.